The lowest BCUT2D eigenvalue weighted by Crippen LogP contribution is -2.38. The van der Waals surface area contributed by atoms with E-state index in [0.29, 0.717) is 17.9 Å². The van der Waals surface area contributed by atoms with Gasteiger partial charge in [0, 0.05) is 19.7 Å². The number of ether oxygens (including phenoxy) is 1. The number of rotatable bonds is 6. The Morgan fingerprint density at radius 2 is 2.25 bits per heavy atom. The summed E-state index contributed by atoms with van der Waals surface area (Å²) in [5.74, 6) is 0. The zero-order valence-corrected chi connectivity index (χ0v) is 12.8. The van der Waals surface area contributed by atoms with Crippen molar-refractivity contribution < 1.29 is 13.2 Å². The molecule has 0 aliphatic carbocycles. The van der Waals surface area contributed by atoms with Crippen LogP contribution in [0.25, 0.3) is 0 Å². The van der Waals surface area contributed by atoms with Crippen LogP contribution in [0.4, 0.5) is 0 Å². The lowest BCUT2D eigenvalue weighted by atomic mass is 10.0. The van der Waals surface area contributed by atoms with Crippen molar-refractivity contribution in [3.63, 3.8) is 0 Å². The van der Waals surface area contributed by atoms with E-state index in [1.165, 1.54) is 0 Å². The Hall–Kier alpha value is -0.950. The van der Waals surface area contributed by atoms with Crippen molar-refractivity contribution in [2.75, 3.05) is 20.3 Å². The standard InChI is InChI=1S/C14H22N2O3S/c1-3-12(10-19-2)16-20(17,18)14-6-4-5-11-9-15-8-7-13(11)14/h4-6,12,15-16H,3,7-10H2,1-2H3. The number of hydrogen-bond donors (Lipinski definition) is 2. The summed E-state index contributed by atoms with van der Waals surface area (Å²) in [5, 5.41) is 3.26. The molecule has 2 rings (SSSR count). The van der Waals surface area contributed by atoms with Crippen molar-refractivity contribution in [1.29, 1.82) is 0 Å². The van der Waals surface area contributed by atoms with Crippen LogP contribution in [-0.2, 0) is 27.7 Å². The fourth-order valence-electron chi connectivity index (χ4n) is 2.47. The Bertz CT molecular complexity index is 558. The van der Waals surface area contributed by atoms with Crippen molar-refractivity contribution in [3.05, 3.63) is 29.3 Å². The van der Waals surface area contributed by atoms with E-state index >= 15 is 0 Å². The molecule has 1 aliphatic heterocycles. The van der Waals surface area contributed by atoms with Crippen molar-refractivity contribution in [3.8, 4) is 0 Å². The molecule has 6 heteroatoms. The Kier molecular flexibility index (Phi) is 5.15. The van der Waals surface area contributed by atoms with E-state index in [0.717, 1.165) is 30.6 Å². The summed E-state index contributed by atoms with van der Waals surface area (Å²) in [5.41, 5.74) is 2.00. The van der Waals surface area contributed by atoms with Crippen LogP contribution in [0, 0.1) is 0 Å². The van der Waals surface area contributed by atoms with Gasteiger partial charge < -0.3 is 10.1 Å². The summed E-state index contributed by atoms with van der Waals surface area (Å²) in [7, 11) is -1.92. The molecule has 1 unspecified atom stereocenters. The van der Waals surface area contributed by atoms with Gasteiger partial charge in [-0.05, 0) is 36.6 Å². The average molecular weight is 298 g/mol. The lowest BCUT2D eigenvalue weighted by molar-refractivity contribution is 0.173. The van der Waals surface area contributed by atoms with Gasteiger partial charge in [-0.1, -0.05) is 19.1 Å². The van der Waals surface area contributed by atoms with Crippen LogP contribution < -0.4 is 10.0 Å². The first-order valence-corrected chi connectivity index (χ1v) is 8.39. The first-order valence-electron chi connectivity index (χ1n) is 6.91. The van der Waals surface area contributed by atoms with Crippen molar-refractivity contribution in [2.24, 2.45) is 0 Å². The Labute approximate surface area is 120 Å². The summed E-state index contributed by atoms with van der Waals surface area (Å²) >= 11 is 0. The zero-order chi connectivity index (χ0) is 14.6. The highest BCUT2D eigenvalue weighted by molar-refractivity contribution is 7.89. The van der Waals surface area contributed by atoms with E-state index < -0.39 is 10.0 Å². The minimum absolute atomic E-state index is 0.192. The van der Waals surface area contributed by atoms with E-state index in [1.54, 1.807) is 19.2 Å². The molecule has 1 aliphatic rings. The third kappa shape index (κ3) is 3.38. The summed E-state index contributed by atoms with van der Waals surface area (Å²) in [6.07, 6.45) is 1.44. The van der Waals surface area contributed by atoms with Crippen molar-refractivity contribution >= 4 is 10.0 Å². The number of nitrogens with one attached hydrogen (secondary N) is 2. The van der Waals surface area contributed by atoms with Gasteiger partial charge in [-0.15, -0.1) is 0 Å². The number of methoxy groups -OCH3 is 1. The van der Waals surface area contributed by atoms with Gasteiger partial charge in [0.2, 0.25) is 10.0 Å². The molecule has 1 aromatic rings. The molecule has 1 atom stereocenters. The average Bonchev–Trinajstić information content (AvgIpc) is 2.46. The topological polar surface area (TPSA) is 67.4 Å². The smallest absolute Gasteiger partial charge is 0.241 e. The molecule has 112 valence electrons. The molecule has 1 aromatic carbocycles. The maximum absolute atomic E-state index is 12.6. The second-order valence-corrected chi connectivity index (χ2v) is 6.68. The number of fused-ring (bicyclic) bond motifs is 1. The summed E-state index contributed by atoms with van der Waals surface area (Å²) in [6.45, 7) is 3.87. The van der Waals surface area contributed by atoms with Crippen LogP contribution in [0.5, 0.6) is 0 Å². The van der Waals surface area contributed by atoms with E-state index in [9.17, 15) is 8.42 Å². The van der Waals surface area contributed by atoms with Gasteiger partial charge in [0.25, 0.3) is 0 Å². The highest BCUT2D eigenvalue weighted by atomic mass is 32.2. The van der Waals surface area contributed by atoms with Gasteiger partial charge in [-0.25, -0.2) is 13.1 Å². The van der Waals surface area contributed by atoms with Crippen LogP contribution in [0.2, 0.25) is 0 Å². The maximum Gasteiger partial charge on any atom is 0.241 e. The summed E-state index contributed by atoms with van der Waals surface area (Å²) < 4.78 is 32.9. The Balaban J connectivity index is 2.30. The van der Waals surface area contributed by atoms with E-state index in [2.05, 4.69) is 10.0 Å². The summed E-state index contributed by atoms with van der Waals surface area (Å²) in [4.78, 5) is 0.408. The third-order valence-corrected chi connectivity index (χ3v) is 5.17. The van der Waals surface area contributed by atoms with Gasteiger partial charge in [-0.2, -0.15) is 0 Å². The number of benzene rings is 1. The van der Waals surface area contributed by atoms with Gasteiger partial charge in [0.15, 0.2) is 0 Å². The van der Waals surface area contributed by atoms with Crippen LogP contribution >= 0.6 is 0 Å². The molecule has 5 nitrogen and oxygen atoms in total. The molecule has 0 radical (unpaired) electrons. The highest BCUT2D eigenvalue weighted by Crippen LogP contribution is 2.23. The predicted molar refractivity (Wildman–Crippen MR) is 78.1 cm³/mol. The third-order valence-electron chi connectivity index (χ3n) is 3.57. The quantitative estimate of drug-likeness (QED) is 0.823. The van der Waals surface area contributed by atoms with Crippen molar-refractivity contribution in [1.82, 2.24) is 10.0 Å². The minimum Gasteiger partial charge on any atom is -0.383 e. The van der Waals surface area contributed by atoms with Crippen LogP contribution in [0.3, 0.4) is 0 Å². The largest absolute Gasteiger partial charge is 0.383 e. The van der Waals surface area contributed by atoms with Crippen molar-refractivity contribution in [2.45, 2.75) is 37.2 Å². The van der Waals surface area contributed by atoms with Gasteiger partial charge in [0.1, 0.15) is 0 Å². The highest BCUT2D eigenvalue weighted by Gasteiger charge is 2.24. The van der Waals surface area contributed by atoms with Crippen LogP contribution in [0.15, 0.2) is 23.1 Å². The molecular weight excluding hydrogens is 276 g/mol. The van der Waals surface area contributed by atoms with E-state index in [4.69, 9.17) is 4.74 Å². The van der Waals surface area contributed by atoms with Crippen LogP contribution in [-0.4, -0.2) is 34.7 Å². The first kappa shape index (κ1) is 15.4. The SMILES string of the molecule is CCC(COC)NS(=O)(=O)c1cccc2c1CCNC2. The normalized spacial score (nSPS) is 16.7. The summed E-state index contributed by atoms with van der Waals surface area (Å²) in [6, 6.07) is 5.28. The van der Waals surface area contributed by atoms with Crippen LogP contribution in [0.1, 0.15) is 24.5 Å². The first-order chi connectivity index (χ1) is 9.58. The molecule has 0 bridgehead atoms. The number of hydrogen-bond acceptors (Lipinski definition) is 4. The molecule has 0 spiro atoms. The minimum atomic E-state index is -3.49. The monoisotopic (exact) mass is 298 g/mol. The Morgan fingerprint density at radius 1 is 1.45 bits per heavy atom. The number of sulfonamides is 1. The molecule has 0 saturated heterocycles. The molecule has 0 fully saturated rings. The second-order valence-electron chi connectivity index (χ2n) is 5.00. The van der Waals surface area contributed by atoms with Gasteiger partial charge in [0.05, 0.1) is 11.5 Å². The molecule has 2 N–H and O–H groups in total. The molecule has 20 heavy (non-hydrogen) atoms. The molecule has 0 saturated carbocycles. The molecular formula is C14H22N2O3S. The van der Waals surface area contributed by atoms with Gasteiger partial charge >= 0.3 is 0 Å². The Morgan fingerprint density at radius 3 is 2.95 bits per heavy atom. The van der Waals surface area contributed by atoms with Gasteiger partial charge in [-0.3, -0.25) is 0 Å². The molecule has 1 heterocycles. The molecule has 0 aromatic heterocycles. The predicted octanol–water partition coefficient (Wildman–Crippen LogP) is 1.04. The lowest BCUT2D eigenvalue weighted by Gasteiger charge is -2.22. The van der Waals surface area contributed by atoms with E-state index in [-0.39, 0.29) is 6.04 Å². The zero-order valence-electron chi connectivity index (χ0n) is 12.0. The second kappa shape index (κ2) is 6.67. The fraction of sp³-hybridized carbons (Fsp3) is 0.571. The van der Waals surface area contributed by atoms with E-state index in [1.807, 2.05) is 13.0 Å². The molecule has 0 amide bonds. The fourth-order valence-corrected chi connectivity index (χ4v) is 4.08. The maximum atomic E-state index is 12.6.